The Bertz CT molecular complexity index is 1120. The van der Waals surface area contributed by atoms with Crippen molar-refractivity contribution in [3.8, 4) is 0 Å². The first-order valence-electron chi connectivity index (χ1n) is 10.7. The van der Waals surface area contributed by atoms with Crippen LogP contribution < -0.4 is 9.62 Å². The Labute approximate surface area is 201 Å². The number of rotatable bonds is 9. The lowest BCUT2D eigenvalue weighted by Crippen LogP contribution is -2.52. The smallest absolute Gasteiger partial charge is 0.244 e. The highest BCUT2D eigenvalue weighted by atomic mass is 35.5. The number of amides is 2. The maximum absolute atomic E-state index is 13.5. The van der Waals surface area contributed by atoms with E-state index in [1.54, 1.807) is 43.3 Å². The van der Waals surface area contributed by atoms with E-state index in [1.165, 1.54) is 4.90 Å². The molecule has 2 amide bonds. The summed E-state index contributed by atoms with van der Waals surface area (Å²) in [7, 11) is -3.77. The van der Waals surface area contributed by atoms with E-state index < -0.39 is 28.5 Å². The zero-order valence-electron chi connectivity index (χ0n) is 19.9. The Hall–Kier alpha value is -2.58. The molecule has 2 aromatic carbocycles. The van der Waals surface area contributed by atoms with E-state index >= 15 is 0 Å². The van der Waals surface area contributed by atoms with Crippen LogP contribution in [0.25, 0.3) is 0 Å². The van der Waals surface area contributed by atoms with Crippen molar-refractivity contribution in [1.29, 1.82) is 0 Å². The van der Waals surface area contributed by atoms with Gasteiger partial charge in [-0.3, -0.25) is 13.9 Å². The number of carbonyl (C=O) groups excluding carboxylic acids is 2. The van der Waals surface area contributed by atoms with Crippen LogP contribution in [0.1, 0.15) is 37.5 Å². The second-order valence-corrected chi connectivity index (χ2v) is 10.8. The zero-order chi connectivity index (χ0) is 24.9. The summed E-state index contributed by atoms with van der Waals surface area (Å²) in [6.07, 6.45) is 1.07. The molecule has 1 N–H and O–H groups in total. The predicted octanol–water partition coefficient (Wildman–Crippen LogP) is 3.66. The SMILES string of the molecule is Cc1cccc(N(CC(=O)N(Cc2cccc(Cl)c2)[C@@H](C)C(=O)NC(C)C)S(C)(=O)=O)c1C. The fourth-order valence-electron chi connectivity index (χ4n) is 3.42. The van der Waals surface area contributed by atoms with Gasteiger partial charge in [-0.1, -0.05) is 35.9 Å². The number of anilines is 1. The number of hydrogen-bond acceptors (Lipinski definition) is 4. The zero-order valence-corrected chi connectivity index (χ0v) is 21.5. The van der Waals surface area contributed by atoms with Crippen molar-refractivity contribution in [2.75, 3.05) is 17.1 Å². The van der Waals surface area contributed by atoms with Crippen LogP contribution in [0.4, 0.5) is 5.69 Å². The van der Waals surface area contributed by atoms with Gasteiger partial charge in [0.15, 0.2) is 0 Å². The first-order valence-corrected chi connectivity index (χ1v) is 12.9. The monoisotopic (exact) mass is 493 g/mol. The lowest BCUT2D eigenvalue weighted by Gasteiger charge is -2.32. The van der Waals surface area contributed by atoms with Crippen molar-refractivity contribution in [3.05, 3.63) is 64.2 Å². The minimum atomic E-state index is -3.77. The van der Waals surface area contributed by atoms with Gasteiger partial charge in [0.1, 0.15) is 12.6 Å². The molecule has 0 aliphatic heterocycles. The van der Waals surface area contributed by atoms with Gasteiger partial charge < -0.3 is 10.2 Å². The van der Waals surface area contributed by atoms with Gasteiger partial charge in [0, 0.05) is 17.6 Å². The van der Waals surface area contributed by atoms with Crippen molar-refractivity contribution < 1.29 is 18.0 Å². The minimum absolute atomic E-state index is 0.106. The van der Waals surface area contributed by atoms with Crippen molar-refractivity contribution in [3.63, 3.8) is 0 Å². The average molecular weight is 494 g/mol. The second kappa shape index (κ2) is 11.0. The van der Waals surface area contributed by atoms with Crippen LogP contribution >= 0.6 is 11.6 Å². The molecule has 0 spiro atoms. The highest BCUT2D eigenvalue weighted by Gasteiger charge is 2.30. The molecule has 0 radical (unpaired) electrons. The average Bonchev–Trinajstić information content (AvgIpc) is 2.70. The van der Waals surface area contributed by atoms with E-state index in [2.05, 4.69) is 5.32 Å². The summed E-state index contributed by atoms with van der Waals surface area (Å²) in [6, 6.07) is 11.4. The fraction of sp³-hybridized carbons (Fsp3) is 0.417. The van der Waals surface area contributed by atoms with Gasteiger partial charge in [0.2, 0.25) is 21.8 Å². The third kappa shape index (κ3) is 7.20. The molecule has 2 aromatic rings. The standard InChI is InChI=1S/C24H32ClN3O4S/c1-16(2)26-24(30)19(5)27(14-20-10-8-11-21(25)13-20)23(29)15-28(33(6,31)32)22-12-7-9-17(3)18(22)4/h7-13,16,19H,14-15H2,1-6H3,(H,26,30)/t19-/m0/s1. The summed E-state index contributed by atoms with van der Waals surface area (Å²) in [5.74, 6) is -0.814. The molecule has 0 saturated carbocycles. The van der Waals surface area contributed by atoms with Gasteiger partial charge in [-0.2, -0.15) is 0 Å². The Morgan fingerprint density at radius 3 is 2.27 bits per heavy atom. The van der Waals surface area contributed by atoms with Crippen LogP contribution in [0.15, 0.2) is 42.5 Å². The summed E-state index contributed by atoms with van der Waals surface area (Å²) in [4.78, 5) is 27.6. The van der Waals surface area contributed by atoms with Crippen molar-refractivity contribution >= 4 is 39.1 Å². The summed E-state index contributed by atoms with van der Waals surface area (Å²) in [5.41, 5.74) is 2.85. The molecule has 0 unspecified atom stereocenters. The number of nitrogens with one attached hydrogen (secondary N) is 1. The predicted molar refractivity (Wildman–Crippen MR) is 133 cm³/mol. The Morgan fingerprint density at radius 2 is 1.70 bits per heavy atom. The van der Waals surface area contributed by atoms with Crippen LogP contribution in [0.3, 0.4) is 0 Å². The van der Waals surface area contributed by atoms with Gasteiger partial charge in [0.25, 0.3) is 0 Å². The molecule has 2 rings (SSSR count). The maximum Gasteiger partial charge on any atom is 0.244 e. The molecular weight excluding hydrogens is 462 g/mol. The molecule has 0 saturated heterocycles. The minimum Gasteiger partial charge on any atom is -0.352 e. The van der Waals surface area contributed by atoms with Crippen LogP contribution in [0, 0.1) is 13.8 Å². The lowest BCUT2D eigenvalue weighted by atomic mass is 10.1. The Kier molecular flexibility index (Phi) is 8.91. The lowest BCUT2D eigenvalue weighted by molar-refractivity contribution is -0.139. The van der Waals surface area contributed by atoms with Gasteiger partial charge in [-0.25, -0.2) is 8.42 Å². The van der Waals surface area contributed by atoms with Crippen LogP contribution in [0.2, 0.25) is 5.02 Å². The van der Waals surface area contributed by atoms with Crippen molar-refractivity contribution in [2.24, 2.45) is 0 Å². The molecule has 0 bridgehead atoms. The maximum atomic E-state index is 13.5. The summed E-state index contributed by atoms with van der Waals surface area (Å²) in [6.45, 7) is 8.67. The first-order chi connectivity index (χ1) is 15.3. The number of carbonyl (C=O) groups is 2. The van der Waals surface area contributed by atoms with Gasteiger partial charge >= 0.3 is 0 Å². The quantitative estimate of drug-likeness (QED) is 0.577. The summed E-state index contributed by atoms with van der Waals surface area (Å²) >= 11 is 6.11. The molecule has 0 aliphatic carbocycles. The first kappa shape index (κ1) is 26.7. The van der Waals surface area contributed by atoms with E-state index in [0.29, 0.717) is 10.7 Å². The van der Waals surface area contributed by atoms with Gasteiger partial charge in [0.05, 0.1) is 11.9 Å². The van der Waals surface area contributed by atoms with Crippen LogP contribution in [-0.4, -0.2) is 50.0 Å². The Morgan fingerprint density at radius 1 is 1.06 bits per heavy atom. The summed E-state index contributed by atoms with van der Waals surface area (Å²) < 4.78 is 26.4. The molecule has 0 aliphatic rings. The summed E-state index contributed by atoms with van der Waals surface area (Å²) in [5, 5.41) is 3.32. The third-order valence-corrected chi connectivity index (χ3v) is 6.73. The number of hydrogen-bond donors (Lipinski definition) is 1. The van der Waals surface area contributed by atoms with E-state index in [1.807, 2.05) is 33.8 Å². The number of sulfonamides is 1. The topological polar surface area (TPSA) is 86.8 Å². The normalized spacial score (nSPS) is 12.4. The molecule has 33 heavy (non-hydrogen) atoms. The van der Waals surface area contributed by atoms with E-state index in [9.17, 15) is 18.0 Å². The second-order valence-electron chi connectivity index (χ2n) is 8.48. The van der Waals surface area contributed by atoms with Crippen LogP contribution in [-0.2, 0) is 26.2 Å². The largest absolute Gasteiger partial charge is 0.352 e. The molecule has 180 valence electrons. The van der Waals surface area contributed by atoms with Crippen molar-refractivity contribution in [2.45, 2.75) is 53.2 Å². The van der Waals surface area contributed by atoms with E-state index in [-0.39, 0.29) is 18.5 Å². The third-order valence-electron chi connectivity index (χ3n) is 5.36. The molecule has 1 atom stereocenters. The van der Waals surface area contributed by atoms with Gasteiger partial charge in [-0.05, 0) is 69.5 Å². The highest BCUT2D eigenvalue weighted by molar-refractivity contribution is 7.92. The molecular formula is C24H32ClN3O4S. The number of nitrogens with zero attached hydrogens (tertiary/aromatic N) is 2. The molecule has 0 heterocycles. The molecule has 0 fully saturated rings. The number of benzene rings is 2. The number of halogens is 1. The molecule has 0 aromatic heterocycles. The molecule has 7 nitrogen and oxygen atoms in total. The van der Waals surface area contributed by atoms with Crippen molar-refractivity contribution in [1.82, 2.24) is 10.2 Å². The van der Waals surface area contributed by atoms with Gasteiger partial charge in [-0.15, -0.1) is 0 Å². The van der Waals surface area contributed by atoms with E-state index in [4.69, 9.17) is 11.6 Å². The Balaban J connectivity index is 2.44. The number of aryl methyl sites for hydroxylation is 1. The fourth-order valence-corrected chi connectivity index (χ4v) is 4.53. The van der Waals surface area contributed by atoms with E-state index in [0.717, 1.165) is 27.3 Å². The molecule has 9 heteroatoms. The highest BCUT2D eigenvalue weighted by Crippen LogP contribution is 2.25. The van der Waals surface area contributed by atoms with Crippen LogP contribution in [0.5, 0.6) is 0 Å².